The molecule has 1 fully saturated rings. The summed E-state index contributed by atoms with van der Waals surface area (Å²) in [6.07, 6.45) is 4.46. The first-order chi connectivity index (χ1) is 20.2. The molecule has 10 nitrogen and oxygen atoms in total. The average Bonchev–Trinajstić information content (AvgIpc) is 3.44. The van der Waals surface area contributed by atoms with Crippen molar-refractivity contribution >= 4 is 12.0 Å². The predicted octanol–water partition coefficient (Wildman–Crippen LogP) is 4.69. The monoisotopic (exact) mass is 575 g/mol. The van der Waals surface area contributed by atoms with Crippen LogP contribution in [0.15, 0.2) is 11.8 Å². The van der Waals surface area contributed by atoms with Crippen molar-refractivity contribution in [2.24, 2.45) is 0 Å². The summed E-state index contributed by atoms with van der Waals surface area (Å²) in [5.41, 5.74) is 5.52. The van der Waals surface area contributed by atoms with E-state index in [1.807, 2.05) is 27.0 Å². The number of piperazine rings is 1. The smallest absolute Gasteiger partial charge is 0.308 e. The molecular weight excluding hydrogens is 538 g/mol. The Bertz CT molecular complexity index is 1530. The summed E-state index contributed by atoms with van der Waals surface area (Å²) in [5.74, 6) is 1.60. The van der Waals surface area contributed by atoms with Crippen LogP contribution in [0.5, 0.6) is 28.7 Å². The molecule has 2 bridgehead atoms. The van der Waals surface area contributed by atoms with Crippen LogP contribution in [0.1, 0.15) is 72.2 Å². The second-order valence-corrected chi connectivity index (χ2v) is 11.4. The zero-order valence-electron chi connectivity index (χ0n) is 24.9. The third kappa shape index (κ3) is 4.09. The molecule has 4 atom stereocenters. The average molecular weight is 576 g/mol. The largest absolute Gasteiger partial charge is 0.504 e. The van der Waals surface area contributed by atoms with Gasteiger partial charge in [0.25, 0.3) is 0 Å². The summed E-state index contributed by atoms with van der Waals surface area (Å²) >= 11 is 0. The third-order valence-electron chi connectivity index (χ3n) is 8.98. The van der Waals surface area contributed by atoms with Crippen molar-refractivity contribution < 1.29 is 33.6 Å². The van der Waals surface area contributed by atoms with Crippen molar-refractivity contribution in [3.8, 4) is 34.8 Å². The van der Waals surface area contributed by atoms with E-state index in [9.17, 15) is 15.2 Å². The second kappa shape index (κ2) is 10.7. The predicted molar refractivity (Wildman–Crippen MR) is 154 cm³/mol. The fourth-order valence-electron chi connectivity index (χ4n) is 7.16. The van der Waals surface area contributed by atoms with Crippen molar-refractivity contribution in [2.45, 2.75) is 71.1 Å². The molecule has 222 valence electrons. The molecule has 42 heavy (non-hydrogen) atoms. The molecule has 1 saturated heterocycles. The molecule has 0 unspecified atom stereocenters. The first-order valence-corrected chi connectivity index (χ1v) is 14.5. The van der Waals surface area contributed by atoms with E-state index in [-0.39, 0.29) is 24.6 Å². The zero-order chi connectivity index (χ0) is 29.9. The Morgan fingerprint density at radius 1 is 1.21 bits per heavy atom. The summed E-state index contributed by atoms with van der Waals surface area (Å²) in [6.45, 7) is 8.15. The quantitative estimate of drug-likeness (QED) is 0.283. The number of nitriles is 1. The third-order valence-corrected chi connectivity index (χ3v) is 8.98. The maximum Gasteiger partial charge on any atom is 0.308 e. The maximum atomic E-state index is 12.3. The van der Waals surface area contributed by atoms with Crippen LogP contribution in [0.2, 0.25) is 0 Å². The summed E-state index contributed by atoms with van der Waals surface area (Å²) in [6, 6.07) is 3.16. The number of benzene rings is 2. The second-order valence-electron chi connectivity index (χ2n) is 11.4. The van der Waals surface area contributed by atoms with Crippen LogP contribution in [-0.4, -0.2) is 67.1 Å². The Labute approximate surface area is 246 Å². The summed E-state index contributed by atoms with van der Waals surface area (Å²) in [4.78, 5) is 16.6. The number of methoxy groups -OCH3 is 1. The molecule has 0 amide bonds. The topological polar surface area (TPSA) is 114 Å². The Hall–Kier alpha value is -3.94. The minimum Gasteiger partial charge on any atom is -0.504 e. The fraction of sp³-hybridized carbons (Fsp3) is 0.500. The van der Waals surface area contributed by atoms with Gasteiger partial charge in [-0.05, 0) is 50.9 Å². The van der Waals surface area contributed by atoms with E-state index < -0.39 is 18.1 Å². The molecule has 4 aliphatic rings. The molecule has 0 spiro atoms. The fourth-order valence-corrected chi connectivity index (χ4v) is 7.16. The standard InChI is InChI=1S/C32H37N3O7/c1-7-8-9-39-14-24-26-20(30(42-18(4)36)17(3)31-32(26)41-15-40-31)12-22-27-25-19(10-16(2)29(38-6)28(25)37)11-21(34(27)5)23(13-33)35(22)24/h10,12,21,23-24,27,37H,7-9,11,14-15H2,1-6H3/t21-,23+,24+,27+/m1/s1. The number of hydrogen-bond acceptors (Lipinski definition) is 10. The maximum absolute atomic E-state index is 12.3. The van der Waals surface area contributed by atoms with Crippen molar-refractivity contribution in [1.82, 2.24) is 9.80 Å². The van der Waals surface area contributed by atoms with Gasteiger partial charge in [0, 0.05) is 47.5 Å². The van der Waals surface area contributed by atoms with E-state index in [1.54, 1.807) is 7.11 Å². The number of ether oxygens (including phenoxy) is 5. The molecule has 1 N–H and O–H groups in total. The first kappa shape index (κ1) is 28.2. The number of likely N-dealkylation sites (N-methyl/N-ethyl adjacent to an activating group) is 1. The first-order valence-electron chi connectivity index (χ1n) is 14.5. The number of rotatable bonds is 7. The normalized spacial score (nSPS) is 23.4. The van der Waals surface area contributed by atoms with Gasteiger partial charge in [0.05, 0.1) is 31.9 Å². The van der Waals surface area contributed by atoms with Crippen molar-refractivity contribution in [3.63, 3.8) is 0 Å². The molecule has 2 aromatic carbocycles. The Morgan fingerprint density at radius 2 is 1.98 bits per heavy atom. The van der Waals surface area contributed by atoms with Gasteiger partial charge < -0.3 is 33.7 Å². The van der Waals surface area contributed by atoms with Gasteiger partial charge >= 0.3 is 5.97 Å². The van der Waals surface area contributed by atoms with Crippen LogP contribution in [0.3, 0.4) is 0 Å². The Balaban J connectivity index is 1.64. The van der Waals surface area contributed by atoms with Gasteiger partial charge in [0.2, 0.25) is 6.79 Å². The summed E-state index contributed by atoms with van der Waals surface area (Å²) in [7, 11) is 3.55. The SMILES string of the molecule is CCCCOC[C@H]1c2c(c(OC(C)=O)c(C)c3c2OCO3)C=C2[C@H]3c4c(cc(C)c(OC)c4O)C[C@H]([C@H](C#N)N21)N3C. The van der Waals surface area contributed by atoms with Crippen molar-refractivity contribution in [2.75, 3.05) is 34.2 Å². The Morgan fingerprint density at radius 3 is 2.67 bits per heavy atom. The lowest BCUT2D eigenvalue weighted by atomic mass is 9.75. The highest BCUT2D eigenvalue weighted by Crippen LogP contribution is 2.59. The van der Waals surface area contributed by atoms with Crippen LogP contribution in [-0.2, 0) is 16.0 Å². The molecule has 10 heteroatoms. The van der Waals surface area contributed by atoms with Crippen LogP contribution in [0, 0.1) is 25.2 Å². The number of aromatic hydroxyl groups is 1. The number of nitrogens with zero attached hydrogens (tertiary/aromatic N) is 3. The zero-order valence-corrected chi connectivity index (χ0v) is 24.9. The van der Waals surface area contributed by atoms with E-state index >= 15 is 0 Å². The van der Waals surface area contributed by atoms with Gasteiger partial charge in [0.1, 0.15) is 11.8 Å². The minimum absolute atomic E-state index is 0.0438. The van der Waals surface area contributed by atoms with Crippen molar-refractivity contribution in [1.29, 1.82) is 5.26 Å². The van der Waals surface area contributed by atoms with Gasteiger partial charge in [-0.2, -0.15) is 5.26 Å². The number of phenols is 1. The number of carbonyl (C=O) groups excluding carboxylic acids is 1. The molecular formula is C32H37N3O7. The Kier molecular flexibility index (Phi) is 7.19. The van der Waals surface area contributed by atoms with Gasteiger partial charge in [-0.15, -0.1) is 0 Å². The summed E-state index contributed by atoms with van der Waals surface area (Å²) in [5, 5.41) is 22.3. The number of phenolic OH excluding ortho intramolecular Hbond substituents is 1. The molecule has 0 saturated carbocycles. The lowest BCUT2D eigenvalue weighted by Crippen LogP contribution is -2.62. The van der Waals surface area contributed by atoms with Gasteiger partial charge in [-0.3, -0.25) is 9.69 Å². The van der Waals surface area contributed by atoms with E-state index in [0.717, 1.165) is 40.8 Å². The van der Waals surface area contributed by atoms with Crippen LogP contribution in [0.25, 0.3) is 6.08 Å². The van der Waals surface area contributed by atoms with E-state index in [1.165, 1.54) is 6.92 Å². The lowest BCUT2D eigenvalue weighted by molar-refractivity contribution is -0.131. The lowest BCUT2D eigenvalue weighted by Gasteiger charge is -2.57. The van der Waals surface area contributed by atoms with Gasteiger partial charge in [0.15, 0.2) is 23.0 Å². The highest BCUT2D eigenvalue weighted by atomic mass is 16.7. The molecule has 4 heterocycles. The van der Waals surface area contributed by atoms with Crippen LogP contribution >= 0.6 is 0 Å². The molecule has 4 aliphatic heterocycles. The number of fused-ring (bicyclic) bond motifs is 9. The van der Waals surface area contributed by atoms with E-state index in [0.29, 0.717) is 53.8 Å². The number of unbranched alkanes of at least 4 members (excludes halogenated alkanes) is 1. The molecule has 6 rings (SSSR count). The van der Waals surface area contributed by atoms with E-state index in [4.69, 9.17) is 23.7 Å². The van der Waals surface area contributed by atoms with E-state index in [2.05, 4.69) is 28.9 Å². The molecule has 0 radical (unpaired) electrons. The molecule has 0 aromatic heterocycles. The van der Waals surface area contributed by atoms with Gasteiger partial charge in [-0.1, -0.05) is 19.4 Å². The van der Waals surface area contributed by atoms with Crippen LogP contribution < -0.4 is 18.9 Å². The highest BCUT2D eigenvalue weighted by molar-refractivity contribution is 5.81. The minimum atomic E-state index is -0.528. The number of carbonyl (C=O) groups is 1. The molecule has 2 aromatic rings. The number of aryl methyl sites for hydroxylation is 1. The van der Waals surface area contributed by atoms with Crippen LogP contribution in [0.4, 0.5) is 0 Å². The number of esters is 1. The number of hydrogen-bond donors (Lipinski definition) is 1. The molecule has 0 aliphatic carbocycles. The highest BCUT2D eigenvalue weighted by Gasteiger charge is 2.53. The van der Waals surface area contributed by atoms with Crippen molar-refractivity contribution in [3.05, 3.63) is 45.1 Å². The van der Waals surface area contributed by atoms with Gasteiger partial charge in [-0.25, -0.2) is 0 Å². The summed E-state index contributed by atoms with van der Waals surface area (Å²) < 4.78 is 29.6.